The Morgan fingerprint density at radius 3 is 2.72 bits per heavy atom. The van der Waals surface area contributed by atoms with Crippen molar-refractivity contribution < 1.29 is 0 Å². The topological polar surface area (TPSA) is 53.6 Å². The maximum absolute atomic E-state index is 5.70. The summed E-state index contributed by atoms with van der Waals surface area (Å²) in [5.41, 5.74) is 5.70. The molecule has 0 aliphatic carbocycles. The van der Waals surface area contributed by atoms with Crippen molar-refractivity contribution in [2.75, 3.05) is 32.7 Å². The fraction of sp³-hybridized carbons (Fsp3) is 0.786. The first-order valence-electron chi connectivity index (χ1n) is 6.98. The SMILES string of the molecule is C=CCNC(N)=NCCCN1CC(C)CC(C)C1. The van der Waals surface area contributed by atoms with Gasteiger partial charge in [-0.15, -0.1) is 6.58 Å². The van der Waals surface area contributed by atoms with E-state index in [9.17, 15) is 0 Å². The summed E-state index contributed by atoms with van der Waals surface area (Å²) < 4.78 is 0. The Hall–Kier alpha value is -1.03. The van der Waals surface area contributed by atoms with Crippen LogP contribution in [0.15, 0.2) is 17.6 Å². The smallest absolute Gasteiger partial charge is 0.188 e. The molecule has 4 heteroatoms. The molecule has 2 atom stereocenters. The molecule has 0 aromatic carbocycles. The first-order chi connectivity index (χ1) is 8.61. The molecule has 104 valence electrons. The number of nitrogens with one attached hydrogen (secondary N) is 1. The molecule has 1 fully saturated rings. The highest BCUT2D eigenvalue weighted by atomic mass is 15.1. The van der Waals surface area contributed by atoms with Crippen LogP contribution in [0.25, 0.3) is 0 Å². The second kappa shape index (κ2) is 8.14. The van der Waals surface area contributed by atoms with Crippen LogP contribution in [0.2, 0.25) is 0 Å². The van der Waals surface area contributed by atoms with E-state index in [0.29, 0.717) is 12.5 Å². The van der Waals surface area contributed by atoms with Crippen LogP contribution >= 0.6 is 0 Å². The summed E-state index contributed by atoms with van der Waals surface area (Å²) in [6.07, 6.45) is 4.22. The fourth-order valence-electron chi connectivity index (χ4n) is 2.70. The molecule has 4 nitrogen and oxygen atoms in total. The zero-order valence-corrected chi connectivity index (χ0v) is 11.9. The zero-order chi connectivity index (χ0) is 13.4. The Bertz CT molecular complexity index is 265. The van der Waals surface area contributed by atoms with Crippen LogP contribution in [0.3, 0.4) is 0 Å². The molecule has 0 aromatic rings. The molecule has 0 saturated carbocycles. The normalized spacial score (nSPS) is 26.0. The van der Waals surface area contributed by atoms with Crippen molar-refractivity contribution in [1.82, 2.24) is 10.2 Å². The quantitative estimate of drug-likeness (QED) is 0.325. The van der Waals surface area contributed by atoms with Crippen LogP contribution < -0.4 is 11.1 Å². The lowest BCUT2D eigenvalue weighted by atomic mass is 9.92. The van der Waals surface area contributed by atoms with Gasteiger partial charge >= 0.3 is 0 Å². The minimum atomic E-state index is 0.523. The summed E-state index contributed by atoms with van der Waals surface area (Å²) in [5.74, 6) is 2.18. The molecule has 0 aromatic heterocycles. The number of hydrogen-bond acceptors (Lipinski definition) is 2. The molecule has 0 spiro atoms. The van der Waals surface area contributed by atoms with Gasteiger partial charge in [-0.1, -0.05) is 19.9 Å². The largest absolute Gasteiger partial charge is 0.370 e. The Morgan fingerprint density at radius 2 is 2.11 bits per heavy atom. The number of nitrogens with zero attached hydrogens (tertiary/aromatic N) is 2. The predicted molar refractivity (Wildman–Crippen MR) is 78.7 cm³/mol. The monoisotopic (exact) mass is 252 g/mol. The Labute approximate surface area is 111 Å². The number of likely N-dealkylation sites (tertiary alicyclic amines) is 1. The highest BCUT2D eigenvalue weighted by Crippen LogP contribution is 2.20. The zero-order valence-electron chi connectivity index (χ0n) is 11.9. The van der Waals surface area contributed by atoms with E-state index in [-0.39, 0.29) is 0 Å². The lowest BCUT2D eigenvalue weighted by Crippen LogP contribution is -2.39. The molecule has 1 saturated heterocycles. The molecule has 1 aliphatic heterocycles. The molecule has 1 heterocycles. The Kier molecular flexibility index (Phi) is 6.80. The maximum atomic E-state index is 5.70. The van der Waals surface area contributed by atoms with E-state index in [1.165, 1.54) is 19.5 Å². The molecule has 0 bridgehead atoms. The third kappa shape index (κ3) is 6.05. The number of hydrogen-bond donors (Lipinski definition) is 2. The van der Waals surface area contributed by atoms with Crippen molar-refractivity contribution in [3.8, 4) is 0 Å². The Balaban J connectivity index is 2.15. The van der Waals surface area contributed by atoms with E-state index in [4.69, 9.17) is 5.73 Å². The van der Waals surface area contributed by atoms with Gasteiger partial charge < -0.3 is 16.0 Å². The lowest BCUT2D eigenvalue weighted by molar-refractivity contribution is 0.140. The second-order valence-corrected chi connectivity index (χ2v) is 5.50. The van der Waals surface area contributed by atoms with Crippen LogP contribution in [0.5, 0.6) is 0 Å². The molecular weight excluding hydrogens is 224 g/mol. The van der Waals surface area contributed by atoms with Crippen molar-refractivity contribution in [3.63, 3.8) is 0 Å². The highest BCUT2D eigenvalue weighted by molar-refractivity contribution is 5.77. The Morgan fingerprint density at radius 1 is 1.44 bits per heavy atom. The number of guanidine groups is 1. The second-order valence-electron chi connectivity index (χ2n) is 5.50. The standard InChI is InChI=1S/C14H28N4/c1-4-6-16-14(15)17-7-5-8-18-10-12(2)9-13(3)11-18/h4,12-13H,1,5-11H2,2-3H3,(H3,15,16,17). The third-order valence-corrected chi connectivity index (χ3v) is 3.29. The predicted octanol–water partition coefficient (Wildman–Crippen LogP) is 1.44. The van der Waals surface area contributed by atoms with E-state index < -0.39 is 0 Å². The molecule has 0 radical (unpaired) electrons. The summed E-state index contributed by atoms with van der Waals surface area (Å²) in [4.78, 5) is 6.85. The van der Waals surface area contributed by atoms with E-state index in [1.807, 2.05) is 0 Å². The van der Waals surface area contributed by atoms with Crippen molar-refractivity contribution in [3.05, 3.63) is 12.7 Å². The molecule has 2 unspecified atom stereocenters. The van der Waals surface area contributed by atoms with Crippen molar-refractivity contribution in [1.29, 1.82) is 0 Å². The van der Waals surface area contributed by atoms with Gasteiger partial charge in [0, 0.05) is 26.2 Å². The lowest BCUT2D eigenvalue weighted by Gasteiger charge is -2.34. The van der Waals surface area contributed by atoms with Gasteiger partial charge in [0.1, 0.15) is 0 Å². The van der Waals surface area contributed by atoms with Crippen LogP contribution in [-0.2, 0) is 0 Å². The molecule has 1 aliphatic rings. The van der Waals surface area contributed by atoms with Crippen molar-refractivity contribution in [2.24, 2.45) is 22.6 Å². The highest BCUT2D eigenvalue weighted by Gasteiger charge is 2.20. The first-order valence-corrected chi connectivity index (χ1v) is 6.98. The van der Waals surface area contributed by atoms with Gasteiger partial charge in [-0.3, -0.25) is 4.99 Å². The minimum Gasteiger partial charge on any atom is -0.370 e. The first kappa shape index (κ1) is 15.0. The van der Waals surface area contributed by atoms with E-state index in [1.54, 1.807) is 6.08 Å². The van der Waals surface area contributed by atoms with Crippen LogP contribution in [-0.4, -0.2) is 43.6 Å². The molecular formula is C14H28N4. The van der Waals surface area contributed by atoms with E-state index in [0.717, 1.165) is 31.3 Å². The van der Waals surface area contributed by atoms with Crippen molar-refractivity contribution in [2.45, 2.75) is 26.7 Å². The number of nitrogens with two attached hydrogens (primary N) is 1. The van der Waals surface area contributed by atoms with Gasteiger partial charge in [0.25, 0.3) is 0 Å². The third-order valence-electron chi connectivity index (χ3n) is 3.29. The molecule has 3 N–H and O–H groups in total. The fourth-order valence-corrected chi connectivity index (χ4v) is 2.70. The van der Waals surface area contributed by atoms with Crippen LogP contribution in [0.4, 0.5) is 0 Å². The van der Waals surface area contributed by atoms with Crippen molar-refractivity contribution >= 4 is 5.96 Å². The molecule has 0 amide bonds. The van der Waals surface area contributed by atoms with Gasteiger partial charge in [-0.2, -0.15) is 0 Å². The van der Waals surface area contributed by atoms with Crippen LogP contribution in [0.1, 0.15) is 26.7 Å². The summed E-state index contributed by atoms with van der Waals surface area (Å²) in [5, 5.41) is 2.98. The molecule has 18 heavy (non-hydrogen) atoms. The van der Waals surface area contributed by atoms with Gasteiger partial charge in [-0.05, 0) is 31.2 Å². The summed E-state index contributed by atoms with van der Waals surface area (Å²) >= 11 is 0. The average molecular weight is 252 g/mol. The van der Waals surface area contributed by atoms with E-state index in [2.05, 4.69) is 35.6 Å². The molecule has 1 rings (SSSR count). The van der Waals surface area contributed by atoms with E-state index >= 15 is 0 Å². The summed E-state index contributed by atoms with van der Waals surface area (Å²) in [7, 11) is 0. The number of rotatable bonds is 6. The van der Waals surface area contributed by atoms with Gasteiger partial charge in [0.15, 0.2) is 5.96 Å². The van der Waals surface area contributed by atoms with Gasteiger partial charge in [0.2, 0.25) is 0 Å². The van der Waals surface area contributed by atoms with Crippen LogP contribution in [0, 0.1) is 11.8 Å². The van der Waals surface area contributed by atoms with Gasteiger partial charge in [-0.25, -0.2) is 0 Å². The summed E-state index contributed by atoms with van der Waals surface area (Å²) in [6.45, 7) is 13.4. The van der Waals surface area contributed by atoms with Gasteiger partial charge in [0.05, 0.1) is 0 Å². The minimum absolute atomic E-state index is 0.523. The number of piperidine rings is 1. The average Bonchev–Trinajstić information content (AvgIpc) is 2.31. The summed E-state index contributed by atoms with van der Waals surface area (Å²) in [6, 6.07) is 0. The maximum Gasteiger partial charge on any atom is 0.188 e. The number of aliphatic imine (C=N–C) groups is 1.